The van der Waals surface area contributed by atoms with Crippen LogP contribution in [0, 0.1) is 19.8 Å². The molecule has 1 N–H and O–H groups in total. The third kappa shape index (κ3) is 4.39. The van der Waals surface area contributed by atoms with Crippen LogP contribution in [0.2, 0.25) is 0 Å². The number of Topliss-reactive ketones (excluding diaryl/α,β-unsaturated/α-hetero) is 1. The molecule has 7 nitrogen and oxygen atoms in total. The SMILES string of the molecule is CCOC(=O)c1[nH]c(C)c(C(=O)C(C)N(Cc2ccncc2)C(=O)C2CC2)c1C. The van der Waals surface area contributed by atoms with Crippen molar-refractivity contribution in [2.24, 2.45) is 5.92 Å². The molecule has 0 aliphatic heterocycles. The van der Waals surface area contributed by atoms with Gasteiger partial charge in [-0.2, -0.15) is 0 Å². The van der Waals surface area contributed by atoms with Crippen LogP contribution in [0.3, 0.4) is 0 Å². The number of nitrogens with one attached hydrogen (secondary N) is 1. The van der Waals surface area contributed by atoms with Crippen molar-refractivity contribution in [1.29, 1.82) is 0 Å². The van der Waals surface area contributed by atoms with E-state index in [1.807, 2.05) is 12.1 Å². The number of aryl methyl sites for hydroxylation is 1. The number of aromatic amines is 1. The van der Waals surface area contributed by atoms with Crippen LogP contribution in [0.4, 0.5) is 0 Å². The number of hydrogen-bond acceptors (Lipinski definition) is 5. The fourth-order valence-corrected chi connectivity index (χ4v) is 3.53. The maximum absolute atomic E-state index is 13.4. The molecule has 1 amide bonds. The highest BCUT2D eigenvalue weighted by Crippen LogP contribution is 2.33. The third-order valence-electron chi connectivity index (χ3n) is 5.32. The number of rotatable bonds is 8. The number of aromatic nitrogens is 2. The van der Waals surface area contributed by atoms with Gasteiger partial charge in [0.2, 0.25) is 5.91 Å². The summed E-state index contributed by atoms with van der Waals surface area (Å²) in [5.74, 6) is -0.674. The largest absolute Gasteiger partial charge is 0.461 e. The summed E-state index contributed by atoms with van der Waals surface area (Å²) in [5, 5.41) is 0. The number of ether oxygens (including phenoxy) is 1. The number of carbonyl (C=O) groups is 3. The van der Waals surface area contributed by atoms with Crippen molar-refractivity contribution in [2.75, 3.05) is 6.61 Å². The van der Waals surface area contributed by atoms with Gasteiger partial charge in [-0.3, -0.25) is 14.6 Å². The monoisotopic (exact) mass is 397 g/mol. The number of carbonyl (C=O) groups excluding carboxylic acids is 3. The van der Waals surface area contributed by atoms with Gasteiger partial charge in [-0.25, -0.2) is 4.79 Å². The summed E-state index contributed by atoms with van der Waals surface area (Å²) in [6, 6.07) is 3.03. The molecule has 154 valence electrons. The molecule has 0 radical (unpaired) electrons. The van der Waals surface area contributed by atoms with Gasteiger partial charge in [-0.15, -0.1) is 0 Å². The van der Waals surface area contributed by atoms with E-state index in [0.29, 0.717) is 23.4 Å². The average Bonchev–Trinajstić information content (AvgIpc) is 3.51. The highest BCUT2D eigenvalue weighted by atomic mass is 16.5. The Kier molecular flexibility index (Phi) is 6.15. The zero-order valence-electron chi connectivity index (χ0n) is 17.3. The first-order chi connectivity index (χ1) is 13.8. The zero-order chi connectivity index (χ0) is 21.1. The van der Waals surface area contributed by atoms with Gasteiger partial charge in [-0.05, 0) is 63.8 Å². The number of nitrogens with zero attached hydrogens (tertiary/aromatic N) is 2. The highest BCUT2D eigenvalue weighted by Gasteiger charge is 2.38. The quantitative estimate of drug-likeness (QED) is 0.545. The van der Waals surface area contributed by atoms with Crippen LogP contribution in [-0.2, 0) is 16.1 Å². The van der Waals surface area contributed by atoms with Crippen molar-refractivity contribution < 1.29 is 19.1 Å². The van der Waals surface area contributed by atoms with E-state index in [1.165, 1.54) is 0 Å². The lowest BCUT2D eigenvalue weighted by atomic mass is 9.99. The molecule has 0 bridgehead atoms. The second-order valence-corrected chi connectivity index (χ2v) is 7.48. The number of amides is 1. The van der Waals surface area contributed by atoms with Gasteiger partial charge in [0.05, 0.1) is 12.6 Å². The number of hydrogen-bond donors (Lipinski definition) is 1. The molecule has 2 heterocycles. The Balaban J connectivity index is 1.89. The number of pyridine rings is 1. The summed E-state index contributed by atoms with van der Waals surface area (Å²) in [6.45, 7) is 7.57. The molecule has 2 aromatic heterocycles. The predicted octanol–water partition coefficient (Wildman–Crippen LogP) is 3.21. The molecule has 0 saturated heterocycles. The molecule has 1 saturated carbocycles. The maximum Gasteiger partial charge on any atom is 0.355 e. The minimum Gasteiger partial charge on any atom is -0.461 e. The molecule has 7 heteroatoms. The Hall–Kier alpha value is -2.96. The highest BCUT2D eigenvalue weighted by molar-refractivity contribution is 6.06. The Morgan fingerprint density at radius 3 is 2.48 bits per heavy atom. The fourth-order valence-electron chi connectivity index (χ4n) is 3.53. The summed E-state index contributed by atoms with van der Waals surface area (Å²) < 4.78 is 5.07. The number of H-pyrrole nitrogens is 1. The molecule has 1 unspecified atom stereocenters. The average molecular weight is 397 g/mol. The van der Waals surface area contributed by atoms with Crippen molar-refractivity contribution in [1.82, 2.24) is 14.9 Å². The molecule has 1 aliphatic carbocycles. The molecular formula is C22H27N3O4. The molecule has 0 aromatic carbocycles. The second kappa shape index (κ2) is 8.59. The Labute approximate surface area is 170 Å². The summed E-state index contributed by atoms with van der Waals surface area (Å²) >= 11 is 0. The molecule has 1 aliphatic rings. The van der Waals surface area contributed by atoms with Crippen LogP contribution < -0.4 is 0 Å². The lowest BCUT2D eigenvalue weighted by Gasteiger charge is -2.29. The predicted molar refractivity (Wildman–Crippen MR) is 108 cm³/mol. The number of esters is 1. The minimum absolute atomic E-state index is 0.000815. The van der Waals surface area contributed by atoms with Crippen molar-refractivity contribution in [3.63, 3.8) is 0 Å². The van der Waals surface area contributed by atoms with E-state index in [-0.39, 0.29) is 29.9 Å². The van der Waals surface area contributed by atoms with E-state index in [1.54, 1.807) is 45.0 Å². The fraction of sp³-hybridized carbons (Fsp3) is 0.455. The standard InChI is InChI=1S/C22H27N3O4/c1-5-29-22(28)19-13(2)18(14(3)24-19)20(26)15(4)25(21(27)17-6-7-17)12-16-8-10-23-11-9-16/h8-11,15,17,24H,5-7,12H2,1-4H3. The Morgan fingerprint density at radius 1 is 1.24 bits per heavy atom. The van der Waals surface area contributed by atoms with Gasteiger partial charge >= 0.3 is 5.97 Å². The van der Waals surface area contributed by atoms with E-state index in [9.17, 15) is 14.4 Å². The lowest BCUT2D eigenvalue weighted by molar-refractivity contribution is -0.134. The third-order valence-corrected chi connectivity index (χ3v) is 5.32. The molecular weight excluding hydrogens is 370 g/mol. The molecule has 2 aromatic rings. The Bertz CT molecular complexity index is 916. The van der Waals surface area contributed by atoms with Gasteiger partial charge in [0, 0.05) is 36.1 Å². The van der Waals surface area contributed by atoms with Gasteiger partial charge in [-0.1, -0.05) is 0 Å². The molecule has 1 fully saturated rings. The van der Waals surface area contributed by atoms with Gasteiger partial charge < -0.3 is 14.6 Å². The van der Waals surface area contributed by atoms with Gasteiger partial charge in [0.25, 0.3) is 0 Å². The van der Waals surface area contributed by atoms with Crippen LogP contribution in [0.5, 0.6) is 0 Å². The van der Waals surface area contributed by atoms with Crippen molar-refractivity contribution in [3.8, 4) is 0 Å². The van der Waals surface area contributed by atoms with Crippen LogP contribution in [0.1, 0.15) is 64.4 Å². The van der Waals surface area contributed by atoms with E-state index in [0.717, 1.165) is 18.4 Å². The van der Waals surface area contributed by atoms with E-state index >= 15 is 0 Å². The summed E-state index contributed by atoms with van der Waals surface area (Å²) in [6.07, 6.45) is 5.07. The van der Waals surface area contributed by atoms with Crippen molar-refractivity contribution >= 4 is 17.7 Å². The van der Waals surface area contributed by atoms with E-state index in [2.05, 4.69) is 9.97 Å². The zero-order valence-corrected chi connectivity index (χ0v) is 17.3. The Morgan fingerprint density at radius 2 is 1.90 bits per heavy atom. The second-order valence-electron chi connectivity index (χ2n) is 7.48. The van der Waals surface area contributed by atoms with E-state index < -0.39 is 12.0 Å². The first-order valence-corrected chi connectivity index (χ1v) is 9.95. The van der Waals surface area contributed by atoms with Crippen LogP contribution >= 0.6 is 0 Å². The first-order valence-electron chi connectivity index (χ1n) is 9.95. The van der Waals surface area contributed by atoms with Crippen LogP contribution in [-0.4, -0.2) is 45.2 Å². The van der Waals surface area contributed by atoms with Crippen molar-refractivity contribution in [2.45, 2.75) is 53.1 Å². The molecule has 3 rings (SSSR count). The summed E-state index contributed by atoms with van der Waals surface area (Å²) in [7, 11) is 0. The topological polar surface area (TPSA) is 92.4 Å². The normalized spacial score (nSPS) is 14.3. The maximum atomic E-state index is 13.4. The first kappa shape index (κ1) is 20.8. The van der Waals surface area contributed by atoms with E-state index in [4.69, 9.17) is 4.74 Å². The lowest BCUT2D eigenvalue weighted by Crippen LogP contribution is -2.43. The smallest absolute Gasteiger partial charge is 0.355 e. The van der Waals surface area contributed by atoms with Crippen molar-refractivity contribution in [3.05, 3.63) is 52.6 Å². The minimum atomic E-state index is -0.653. The van der Waals surface area contributed by atoms with Crippen LogP contribution in [0.15, 0.2) is 24.5 Å². The van der Waals surface area contributed by atoms with Gasteiger partial charge in [0.15, 0.2) is 5.78 Å². The number of ketones is 1. The molecule has 0 spiro atoms. The summed E-state index contributed by atoms with van der Waals surface area (Å²) in [5.41, 5.74) is 2.81. The molecule has 29 heavy (non-hydrogen) atoms. The van der Waals surface area contributed by atoms with Crippen LogP contribution in [0.25, 0.3) is 0 Å². The summed E-state index contributed by atoms with van der Waals surface area (Å²) in [4.78, 5) is 47.1. The van der Waals surface area contributed by atoms with Gasteiger partial charge in [0.1, 0.15) is 5.69 Å². The molecule has 1 atom stereocenters.